The second-order valence-electron chi connectivity index (χ2n) is 4.33. The van der Waals surface area contributed by atoms with Crippen molar-refractivity contribution in [2.24, 2.45) is 0 Å². The van der Waals surface area contributed by atoms with Gasteiger partial charge in [-0.1, -0.05) is 23.7 Å². The molecule has 1 aromatic heterocycles. The number of nitrogens with one attached hydrogen (secondary N) is 1. The lowest BCUT2D eigenvalue weighted by Gasteiger charge is -2.09. The van der Waals surface area contributed by atoms with Crippen molar-refractivity contribution < 1.29 is 0 Å². The molecule has 0 aliphatic rings. The van der Waals surface area contributed by atoms with Gasteiger partial charge in [0.05, 0.1) is 5.52 Å². The molecule has 0 fully saturated rings. The fraction of sp³-hybridized carbons (Fsp3) is 0.0667. The van der Waals surface area contributed by atoms with Crippen molar-refractivity contribution in [1.29, 1.82) is 0 Å². The number of aromatic nitrogens is 2. The molecule has 19 heavy (non-hydrogen) atoms. The van der Waals surface area contributed by atoms with Crippen LogP contribution in [0.3, 0.4) is 0 Å². The molecule has 0 bridgehead atoms. The van der Waals surface area contributed by atoms with Gasteiger partial charge in [0.1, 0.15) is 12.1 Å². The Bertz CT molecular complexity index is 723. The maximum absolute atomic E-state index is 5.88. The monoisotopic (exact) mass is 269 g/mol. The molecule has 0 amide bonds. The highest BCUT2D eigenvalue weighted by molar-refractivity contribution is 6.30. The van der Waals surface area contributed by atoms with Crippen LogP contribution in [-0.2, 0) is 0 Å². The van der Waals surface area contributed by atoms with E-state index >= 15 is 0 Å². The zero-order valence-electron chi connectivity index (χ0n) is 10.4. The molecule has 3 nitrogen and oxygen atoms in total. The van der Waals surface area contributed by atoms with E-state index in [1.165, 1.54) is 0 Å². The van der Waals surface area contributed by atoms with Crippen LogP contribution in [0.4, 0.5) is 11.5 Å². The second-order valence-corrected chi connectivity index (χ2v) is 4.76. The van der Waals surface area contributed by atoms with E-state index in [4.69, 9.17) is 11.6 Å². The zero-order valence-corrected chi connectivity index (χ0v) is 11.1. The number of nitrogens with zero attached hydrogens (tertiary/aromatic N) is 2. The Kier molecular flexibility index (Phi) is 3.05. The predicted molar refractivity (Wildman–Crippen MR) is 79.0 cm³/mol. The van der Waals surface area contributed by atoms with Crippen molar-refractivity contribution in [1.82, 2.24) is 9.97 Å². The van der Waals surface area contributed by atoms with E-state index in [0.717, 1.165) is 28.0 Å². The number of benzene rings is 2. The average molecular weight is 270 g/mol. The largest absolute Gasteiger partial charge is 0.340 e. The number of fused-ring (bicyclic) bond motifs is 1. The number of aryl methyl sites for hydroxylation is 1. The SMILES string of the molecule is Cc1cccc2c(Nc3ccc(Cl)cc3)ncnc12. The third kappa shape index (κ3) is 2.37. The van der Waals surface area contributed by atoms with Gasteiger partial charge in [-0.25, -0.2) is 9.97 Å². The molecule has 3 aromatic rings. The van der Waals surface area contributed by atoms with Crippen molar-refractivity contribution in [2.45, 2.75) is 6.92 Å². The van der Waals surface area contributed by atoms with Gasteiger partial charge in [0.15, 0.2) is 0 Å². The molecule has 0 aliphatic heterocycles. The Morgan fingerprint density at radius 2 is 1.79 bits per heavy atom. The zero-order chi connectivity index (χ0) is 13.2. The van der Waals surface area contributed by atoms with Crippen LogP contribution in [-0.4, -0.2) is 9.97 Å². The van der Waals surface area contributed by atoms with E-state index in [-0.39, 0.29) is 0 Å². The van der Waals surface area contributed by atoms with Crippen LogP contribution in [0.5, 0.6) is 0 Å². The van der Waals surface area contributed by atoms with Gasteiger partial charge in [0.25, 0.3) is 0 Å². The minimum Gasteiger partial charge on any atom is -0.340 e. The smallest absolute Gasteiger partial charge is 0.141 e. The van der Waals surface area contributed by atoms with Gasteiger partial charge in [-0.3, -0.25) is 0 Å². The summed E-state index contributed by atoms with van der Waals surface area (Å²) in [5.74, 6) is 0.802. The Hall–Kier alpha value is -2.13. The molecule has 94 valence electrons. The topological polar surface area (TPSA) is 37.8 Å². The number of rotatable bonds is 2. The van der Waals surface area contributed by atoms with Crippen LogP contribution in [0, 0.1) is 6.92 Å². The Morgan fingerprint density at radius 1 is 1.00 bits per heavy atom. The molecule has 0 aliphatic carbocycles. The van der Waals surface area contributed by atoms with Crippen LogP contribution >= 0.6 is 11.6 Å². The van der Waals surface area contributed by atoms with Crippen LogP contribution in [0.2, 0.25) is 5.02 Å². The summed E-state index contributed by atoms with van der Waals surface area (Å²) in [5, 5.41) is 5.02. The second kappa shape index (κ2) is 4.86. The number of hydrogen-bond acceptors (Lipinski definition) is 3. The molecule has 2 aromatic carbocycles. The summed E-state index contributed by atoms with van der Waals surface area (Å²) in [6.45, 7) is 2.04. The molecule has 1 heterocycles. The maximum atomic E-state index is 5.88. The fourth-order valence-electron chi connectivity index (χ4n) is 2.00. The highest BCUT2D eigenvalue weighted by atomic mass is 35.5. The van der Waals surface area contributed by atoms with E-state index in [1.807, 2.05) is 49.4 Å². The Morgan fingerprint density at radius 3 is 2.58 bits per heavy atom. The fourth-order valence-corrected chi connectivity index (χ4v) is 2.13. The summed E-state index contributed by atoms with van der Waals surface area (Å²) >= 11 is 5.88. The van der Waals surface area contributed by atoms with Crippen molar-refractivity contribution in [2.75, 3.05) is 5.32 Å². The number of anilines is 2. The molecule has 0 radical (unpaired) electrons. The van der Waals surface area contributed by atoms with Gasteiger partial charge in [-0.15, -0.1) is 0 Å². The van der Waals surface area contributed by atoms with E-state index < -0.39 is 0 Å². The molecule has 0 saturated carbocycles. The minimum atomic E-state index is 0.717. The normalized spacial score (nSPS) is 10.6. The van der Waals surface area contributed by atoms with Gasteiger partial charge >= 0.3 is 0 Å². The van der Waals surface area contributed by atoms with Crippen LogP contribution < -0.4 is 5.32 Å². The molecule has 0 unspecified atom stereocenters. The standard InChI is InChI=1S/C15H12ClN3/c1-10-3-2-4-13-14(10)17-9-18-15(13)19-12-7-5-11(16)6-8-12/h2-9H,1H3,(H,17,18,19). The third-order valence-electron chi connectivity index (χ3n) is 2.97. The van der Waals surface area contributed by atoms with E-state index in [0.29, 0.717) is 5.02 Å². The summed E-state index contributed by atoms with van der Waals surface area (Å²) in [7, 11) is 0. The summed E-state index contributed by atoms with van der Waals surface area (Å²) in [6.07, 6.45) is 1.58. The molecule has 0 spiro atoms. The van der Waals surface area contributed by atoms with E-state index in [2.05, 4.69) is 15.3 Å². The van der Waals surface area contributed by atoms with Gasteiger partial charge < -0.3 is 5.32 Å². The molecule has 0 atom stereocenters. The average Bonchev–Trinajstić information content (AvgIpc) is 2.43. The quantitative estimate of drug-likeness (QED) is 0.752. The number of halogens is 1. The lowest BCUT2D eigenvalue weighted by molar-refractivity contribution is 1.21. The molecular formula is C15H12ClN3. The lowest BCUT2D eigenvalue weighted by Crippen LogP contribution is -1.96. The van der Waals surface area contributed by atoms with Gasteiger partial charge in [-0.2, -0.15) is 0 Å². The Balaban J connectivity index is 2.06. The van der Waals surface area contributed by atoms with E-state index in [1.54, 1.807) is 6.33 Å². The van der Waals surface area contributed by atoms with Gasteiger partial charge in [-0.05, 0) is 42.8 Å². The van der Waals surface area contributed by atoms with Gasteiger partial charge in [0, 0.05) is 16.1 Å². The maximum Gasteiger partial charge on any atom is 0.141 e. The van der Waals surface area contributed by atoms with Crippen LogP contribution in [0.1, 0.15) is 5.56 Å². The molecule has 3 rings (SSSR count). The van der Waals surface area contributed by atoms with Crippen molar-refractivity contribution in [3.05, 3.63) is 59.4 Å². The van der Waals surface area contributed by atoms with Crippen LogP contribution in [0.15, 0.2) is 48.8 Å². The minimum absolute atomic E-state index is 0.717. The third-order valence-corrected chi connectivity index (χ3v) is 3.23. The lowest BCUT2D eigenvalue weighted by atomic mass is 10.1. The molecule has 1 N–H and O–H groups in total. The Labute approximate surface area is 116 Å². The summed E-state index contributed by atoms with van der Waals surface area (Å²) in [6, 6.07) is 13.6. The summed E-state index contributed by atoms with van der Waals surface area (Å²) in [4.78, 5) is 8.64. The highest BCUT2D eigenvalue weighted by Gasteiger charge is 2.05. The first-order chi connectivity index (χ1) is 9.24. The first-order valence-corrected chi connectivity index (χ1v) is 6.35. The molecule has 0 saturated heterocycles. The van der Waals surface area contributed by atoms with Crippen molar-refractivity contribution >= 4 is 34.0 Å². The molecular weight excluding hydrogens is 258 g/mol. The van der Waals surface area contributed by atoms with Gasteiger partial charge in [0.2, 0.25) is 0 Å². The first kappa shape index (κ1) is 11.9. The number of hydrogen-bond donors (Lipinski definition) is 1. The van der Waals surface area contributed by atoms with Crippen LogP contribution in [0.25, 0.3) is 10.9 Å². The van der Waals surface area contributed by atoms with Crippen molar-refractivity contribution in [3.63, 3.8) is 0 Å². The molecule has 4 heteroatoms. The number of para-hydroxylation sites is 1. The summed E-state index contributed by atoms with van der Waals surface area (Å²) < 4.78 is 0. The van der Waals surface area contributed by atoms with Crippen molar-refractivity contribution in [3.8, 4) is 0 Å². The van der Waals surface area contributed by atoms with E-state index in [9.17, 15) is 0 Å². The predicted octanol–water partition coefficient (Wildman–Crippen LogP) is 4.34. The summed E-state index contributed by atoms with van der Waals surface area (Å²) in [5.41, 5.74) is 3.05. The highest BCUT2D eigenvalue weighted by Crippen LogP contribution is 2.25. The first-order valence-electron chi connectivity index (χ1n) is 5.97.